The van der Waals surface area contributed by atoms with Crippen LogP contribution in [0.25, 0.3) is 11.0 Å². The molecule has 0 amide bonds. The molecule has 4 heterocycles. The van der Waals surface area contributed by atoms with Crippen molar-refractivity contribution in [2.75, 3.05) is 12.3 Å². The van der Waals surface area contributed by atoms with E-state index < -0.39 is 12.2 Å². The molecule has 184 valence electrons. The number of nitrogens with zero attached hydrogens (tertiary/aromatic N) is 3. The van der Waals surface area contributed by atoms with Gasteiger partial charge < -0.3 is 25.1 Å². The van der Waals surface area contributed by atoms with Crippen molar-refractivity contribution in [1.29, 1.82) is 0 Å². The number of aromatic nitrogens is 3. The van der Waals surface area contributed by atoms with Crippen molar-refractivity contribution in [1.82, 2.24) is 19.9 Å². The number of fused-ring (bicyclic) bond motifs is 3. The standard InChI is InChI=1S/C26H29F2N5O2/c1-26(2)34-21-15(4-3-14-5-6-17(23(27)28)16-7-9-30-12-19(14)16)11-20(22(21)35-26)33-10-8-18-24(29)31-13-32-25(18)33/h5-6,8,10-11,13,20-23,30H,3-4,7,9,12H2,1-2H3,(H2,29,31,32)/t20-,21-,22+/m1/s1. The van der Waals surface area contributed by atoms with Gasteiger partial charge in [-0.3, -0.25) is 0 Å². The number of halogens is 2. The summed E-state index contributed by atoms with van der Waals surface area (Å²) in [6.07, 6.45) is 4.97. The lowest BCUT2D eigenvalue weighted by Crippen LogP contribution is -2.28. The van der Waals surface area contributed by atoms with Crippen molar-refractivity contribution in [3.8, 4) is 0 Å². The fourth-order valence-corrected chi connectivity index (χ4v) is 5.85. The summed E-state index contributed by atoms with van der Waals surface area (Å²) < 4.78 is 41.9. The van der Waals surface area contributed by atoms with Crippen LogP contribution >= 0.6 is 0 Å². The third kappa shape index (κ3) is 3.82. The lowest BCUT2D eigenvalue weighted by atomic mass is 9.88. The van der Waals surface area contributed by atoms with Crippen LogP contribution in [0.2, 0.25) is 0 Å². The number of rotatable bonds is 5. The zero-order valence-electron chi connectivity index (χ0n) is 19.8. The fourth-order valence-electron chi connectivity index (χ4n) is 5.85. The van der Waals surface area contributed by atoms with Gasteiger partial charge in [0.05, 0.1) is 11.4 Å². The molecule has 2 aliphatic heterocycles. The summed E-state index contributed by atoms with van der Waals surface area (Å²) >= 11 is 0. The predicted octanol–water partition coefficient (Wildman–Crippen LogP) is 4.23. The zero-order valence-corrected chi connectivity index (χ0v) is 19.8. The van der Waals surface area contributed by atoms with E-state index in [4.69, 9.17) is 15.2 Å². The van der Waals surface area contributed by atoms with Crippen molar-refractivity contribution in [3.05, 3.63) is 64.6 Å². The Morgan fingerprint density at radius 1 is 1.17 bits per heavy atom. The summed E-state index contributed by atoms with van der Waals surface area (Å²) in [6, 6.07) is 5.30. The van der Waals surface area contributed by atoms with E-state index in [1.165, 1.54) is 6.33 Å². The topological polar surface area (TPSA) is 87.2 Å². The van der Waals surface area contributed by atoms with Gasteiger partial charge in [0.25, 0.3) is 6.43 Å². The van der Waals surface area contributed by atoms with Crippen LogP contribution < -0.4 is 11.1 Å². The normalized spacial score (nSPS) is 25.2. The number of anilines is 1. The first-order valence-electron chi connectivity index (χ1n) is 12.1. The Morgan fingerprint density at radius 3 is 2.86 bits per heavy atom. The van der Waals surface area contributed by atoms with Gasteiger partial charge in [0, 0.05) is 18.3 Å². The minimum atomic E-state index is -2.45. The van der Waals surface area contributed by atoms with E-state index in [0.717, 1.165) is 52.7 Å². The molecule has 3 aromatic rings. The van der Waals surface area contributed by atoms with E-state index in [1.54, 1.807) is 6.07 Å². The highest BCUT2D eigenvalue weighted by molar-refractivity contribution is 5.86. The van der Waals surface area contributed by atoms with Crippen LogP contribution in [0.4, 0.5) is 14.6 Å². The lowest BCUT2D eigenvalue weighted by molar-refractivity contribution is -0.147. The number of nitrogen functional groups attached to an aromatic ring is 1. The third-order valence-electron chi connectivity index (χ3n) is 7.41. The Bertz CT molecular complexity index is 1320. The highest BCUT2D eigenvalue weighted by Gasteiger charge is 2.50. The minimum absolute atomic E-state index is 0.0969. The van der Waals surface area contributed by atoms with Gasteiger partial charge in [0.1, 0.15) is 30.0 Å². The zero-order chi connectivity index (χ0) is 24.3. The van der Waals surface area contributed by atoms with Crippen LogP contribution in [0.5, 0.6) is 0 Å². The molecule has 9 heteroatoms. The van der Waals surface area contributed by atoms with E-state index in [9.17, 15) is 8.78 Å². The summed E-state index contributed by atoms with van der Waals surface area (Å²) in [5.74, 6) is -0.256. The first kappa shape index (κ1) is 22.6. The summed E-state index contributed by atoms with van der Waals surface area (Å²) in [5.41, 5.74) is 11.1. The molecule has 0 spiro atoms. The van der Waals surface area contributed by atoms with Crippen LogP contribution in [-0.2, 0) is 28.9 Å². The summed E-state index contributed by atoms with van der Waals surface area (Å²) in [6.45, 7) is 5.21. The number of hydrogen-bond donors (Lipinski definition) is 2. The predicted molar refractivity (Wildman–Crippen MR) is 128 cm³/mol. The molecule has 1 saturated heterocycles. The molecule has 0 bridgehead atoms. The molecular weight excluding hydrogens is 452 g/mol. The van der Waals surface area contributed by atoms with E-state index in [1.807, 2.05) is 32.2 Å². The van der Waals surface area contributed by atoms with Crippen LogP contribution in [0.15, 0.2) is 42.4 Å². The fraction of sp³-hybridized carbons (Fsp3) is 0.462. The number of alkyl halides is 2. The highest BCUT2D eigenvalue weighted by atomic mass is 19.3. The van der Waals surface area contributed by atoms with Gasteiger partial charge in [0.15, 0.2) is 5.79 Å². The number of nitrogens with one attached hydrogen (secondary N) is 1. The maximum atomic E-state index is 13.6. The van der Waals surface area contributed by atoms with E-state index in [0.29, 0.717) is 18.8 Å². The Kier molecular flexibility index (Phi) is 5.39. The molecule has 35 heavy (non-hydrogen) atoms. The largest absolute Gasteiger partial charge is 0.383 e. The molecular formula is C26H29F2N5O2. The van der Waals surface area contributed by atoms with Crippen LogP contribution in [0.3, 0.4) is 0 Å². The Balaban J connectivity index is 1.32. The molecule has 0 unspecified atom stereocenters. The van der Waals surface area contributed by atoms with Gasteiger partial charge in [-0.1, -0.05) is 18.2 Å². The van der Waals surface area contributed by atoms with Gasteiger partial charge in [-0.25, -0.2) is 18.7 Å². The Morgan fingerprint density at radius 2 is 2.03 bits per heavy atom. The van der Waals surface area contributed by atoms with Crippen molar-refractivity contribution < 1.29 is 18.3 Å². The number of nitrogens with two attached hydrogens (primary N) is 1. The molecule has 3 N–H and O–H groups in total. The van der Waals surface area contributed by atoms with Gasteiger partial charge >= 0.3 is 0 Å². The molecule has 0 saturated carbocycles. The van der Waals surface area contributed by atoms with Gasteiger partial charge in [-0.05, 0) is 68.0 Å². The molecule has 1 aromatic carbocycles. The maximum absolute atomic E-state index is 13.6. The summed E-state index contributed by atoms with van der Waals surface area (Å²) in [5, 5.41) is 4.15. The van der Waals surface area contributed by atoms with Gasteiger partial charge in [-0.15, -0.1) is 0 Å². The van der Waals surface area contributed by atoms with Crippen molar-refractivity contribution in [3.63, 3.8) is 0 Å². The van der Waals surface area contributed by atoms with Crippen LogP contribution in [0.1, 0.15) is 55.0 Å². The van der Waals surface area contributed by atoms with Crippen molar-refractivity contribution in [2.45, 2.75) is 70.1 Å². The van der Waals surface area contributed by atoms with Gasteiger partial charge in [-0.2, -0.15) is 0 Å². The van der Waals surface area contributed by atoms with Crippen molar-refractivity contribution >= 4 is 16.9 Å². The van der Waals surface area contributed by atoms with E-state index in [2.05, 4.69) is 25.9 Å². The SMILES string of the molecule is CC1(C)O[C@@H]2[C@H](O1)C(CCc1ccc(C(F)F)c3c1CNCC3)=C[C@H]2n1ccc2c(N)ncnc21. The minimum Gasteiger partial charge on any atom is -0.383 e. The quantitative estimate of drug-likeness (QED) is 0.531. The Hall–Kier alpha value is -2.88. The number of aryl methyl sites for hydroxylation is 1. The first-order chi connectivity index (χ1) is 16.8. The second-order valence-electron chi connectivity index (χ2n) is 9.97. The second kappa shape index (κ2) is 8.36. The van der Waals surface area contributed by atoms with E-state index in [-0.39, 0.29) is 23.8 Å². The summed E-state index contributed by atoms with van der Waals surface area (Å²) in [4.78, 5) is 8.56. The van der Waals surface area contributed by atoms with E-state index >= 15 is 0 Å². The third-order valence-corrected chi connectivity index (χ3v) is 7.41. The van der Waals surface area contributed by atoms with Crippen LogP contribution in [-0.4, -0.2) is 39.1 Å². The highest BCUT2D eigenvalue weighted by Crippen LogP contribution is 2.45. The number of hydrogen-bond acceptors (Lipinski definition) is 6. The van der Waals surface area contributed by atoms with Crippen LogP contribution in [0, 0.1) is 0 Å². The van der Waals surface area contributed by atoms with Gasteiger partial charge in [0.2, 0.25) is 0 Å². The summed E-state index contributed by atoms with van der Waals surface area (Å²) in [7, 11) is 0. The number of ether oxygens (including phenoxy) is 2. The molecule has 0 radical (unpaired) electrons. The molecule has 3 aliphatic rings. The monoisotopic (exact) mass is 481 g/mol. The molecule has 3 atom stereocenters. The number of benzene rings is 1. The molecule has 1 aliphatic carbocycles. The van der Waals surface area contributed by atoms with Crippen molar-refractivity contribution in [2.24, 2.45) is 0 Å². The molecule has 7 nitrogen and oxygen atoms in total. The second-order valence-corrected chi connectivity index (χ2v) is 9.97. The average molecular weight is 482 g/mol. The maximum Gasteiger partial charge on any atom is 0.264 e. The smallest absolute Gasteiger partial charge is 0.264 e. The molecule has 2 aromatic heterocycles. The molecule has 1 fully saturated rings. The first-order valence-corrected chi connectivity index (χ1v) is 12.1. The average Bonchev–Trinajstić information content (AvgIpc) is 3.49. The lowest BCUT2D eigenvalue weighted by Gasteiger charge is -2.24. The Labute approximate surface area is 202 Å². The molecule has 6 rings (SSSR count).